The molecule has 0 atom stereocenters. The van der Waals surface area contributed by atoms with Crippen molar-refractivity contribution >= 4 is 11.9 Å². The van der Waals surface area contributed by atoms with E-state index in [0.29, 0.717) is 30.8 Å². The van der Waals surface area contributed by atoms with Gasteiger partial charge in [0, 0.05) is 31.9 Å². The fourth-order valence-electron chi connectivity index (χ4n) is 2.07. The molecule has 0 unspecified atom stereocenters. The van der Waals surface area contributed by atoms with E-state index >= 15 is 0 Å². The molecule has 0 radical (unpaired) electrons. The first kappa shape index (κ1) is 16.5. The lowest BCUT2D eigenvalue weighted by Gasteiger charge is -2.10. The smallest absolute Gasteiger partial charge is 0.341 e. The number of benzene rings is 1. The number of nitrogens with zero attached hydrogens (tertiary/aromatic N) is 2. The molecule has 0 spiro atoms. The number of rotatable bonds is 7. The number of aromatic nitrogens is 2. The van der Waals surface area contributed by atoms with Gasteiger partial charge in [-0.3, -0.25) is 9.48 Å². The number of carbonyl (C=O) groups excluding carboxylic acids is 2. The van der Waals surface area contributed by atoms with Gasteiger partial charge in [0.05, 0.1) is 14.2 Å². The van der Waals surface area contributed by atoms with Gasteiger partial charge in [0.25, 0.3) is 0 Å². The molecule has 7 heteroatoms. The van der Waals surface area contributed by atoms with Crippen LogP contribution >= 0.6 is 0 Å². The second kappa shape index (κ2) is 7.98. The van der Waals surface area contributed by atoms with Crippen LogP contribution in [-0.2, 0) is 22.6 Å². The average molecular weight is 317 g/mol. The van der Waals surface area contributed by atoms with Crippen LogP contribution in [0.2, 0.25) is 0 Å². The van der Waals surface area contributed by atoms with E-state index in [0.717, 1.165) is 5.56 Å². The molecule has 0 aliphatic rings. The van der Waals surface area contributed by atoms with Crippen molar-refractivity contribution in [2.45, 2.75) is 19.5 Å². The second-order valence-corrected chi connectivity index (χ2v) is 4.82. The van der Waals surface area contributed by atoms with Gasteiger partial charge in [-0.25, -0.2) is 4.79 Å². The number of hydrogen-bond acceptors (Lipinski definition) is 5. The molecule has 1 aromatic carbocycles. The summed E-state index contributed by atoms with van der Waals surface area (Å²) >= 11 is 0. The van der Waals surface area contributed by atoms with E-state index in [1.807, 2.05) is 6.07 Å². The van der Waals surface area contributed by atoms with E-state index in [2.05, 4.69) is 10.4 Å². The van der Waals surface area contributed by atoms with Crippen LogP contribution in [0.3, 0.4) is 0 Å². The first-order chi connectivity index (χ1) is 11.1. The lowest BCUT2D eigenvalue weighted by Crippen LogP contribution is -2.24. The van der Waals surface area contributed by atoms with Crippen LogP contribution < -0.4 is 10.1 Å². The Morgan fingerprint density at radius 2 is 2.13 bits per heavy atom. The van der Waals surface area contributed by atoms with Crippen LogP contribution in [0.25, 0.3) is 0 Å². The number of hydrogen-bond donors (Lipinski definition) is 1. The van der Waals surface area contributed by atoms with Gasteiger partial charge < -0.3 is 14.8 Å². The molecule has 0 aliphatic heterocycles. The lowest BCUT2D eigenvalue weighted by atomic mass is 10.1. The molecule has 2 aromatic rings. The van der Waals surface area contributed by atoms with Gasteiger partial charge in [-0.15, -0.1) is 0 Å². The Labute approximate surface area is 134 Å². The third kappa shape index (κ3) is 4.57. The first-order valence-corrected chi connectivity index (χ1v) is 7.13. The summed E-state index contributed by atoms with van der Waals surface area (Å²) < 4.78 is 11.6. The summed E-state index contributed by atoms with van der Waals surface area (Å²) in [4.78, 5) is 23.6. The van der Waals surface area contributed by atoms with Crippen molar-refractivity contribution in [2.75, 3.05) is 14.2 Å². The van der Waals surface area contributed by atoms with Gasteiger partial charge in [0.2, 0.25) is 5.91 Å². The number of nitrogens with one attached hydrogen (secondary N) is 1. The van der Waals surface area contributed by atoms with Crippen molar-refractivity contribution in [3.63, 3.8) is 0 Å². The standard InChI is InChI=1S/C16H19N3O4/c1-22-14-5-4-12(10-13(14)16(21)23-2)11-17-15(20)6-9-19-8-3-7-18-19/h3-5,7-8,10H,6,9,11H2,1-2H3,(H,17,20). The van der Waals surface area contributed by atoms with Crippen LogP contribution in [0.1, 0.15) is 22.3 Å². The fraction of sp³-hybridized carbons (Fsp3) is 0.312. The summed E-state index contributed by atoms with van der Waals surface area (Å²) in [5.74, 6) is -0.129. The topological polar surface area (TPSA) is 82.5 Å². The zero-order chi connectivity index (χ0) is 16.7. The zero-order valence-corrected chi connectivity index (χ0v) is 13.1. The van der Waals surface area contributed by atoms with Gasteiger partial charge in [-0.05, 0) is 23.8 Å². The van der Waals surface area contributed by atoms with Crippen LogP contribution in [0.15, 0.2) is 36.7 Å². The molecule has 1 N–H and O–H groups in total. The Morgan fingerprint density at radius 3 is 2.78 bits per heavy atom. The van der Waals surface area contributed by atoms with E-state index in [9.17, 15) is 9.59 Å². The Bertz CT molecular complexity index is 668. The van der Waals surface area contributed by atoms with E-state index in [4.69, 9.17) is 9.47 Å². The van der Waals surface area contributed by atoms with Crippen molar-refractivity contribution in [2.24, 2.45) is 0 Å². The van der Waals surface area contributed by atoms with Crippen LogP contribution in [-0.4, -0.2) is 35.9 Å². The minimum atomic E-state index is -0.478. The summed E-state index contributed by atoms with van der Waals surface area (Å²) in [6.45, 7) is 0.848. The summed E-state index contributed by atoms with van der Waals surface area (Å²) in [5, 5.41) is 6.85. The van der Waals surface area contributed by atoms with Gasteiger partial charge in [-0.1, -0.05) is 6.07 Å². The molecule has 0 bridgehead atoms. The highest BCUT2D eigenvalue weighted by Gasteiger charge is 2.13. The van der Waals surface area contributed by atoms with Crippen LogP contribution in [0.5, 0.6) is 5.75 Å². The quantitative estimate of drug-likeness (QED) is 0.780. The maximum Gasteiger partial charge on any atom is 0.341 e. The highest BCUT2D eigenvalue weighted by molar-refractivity contribution is 5.92. The molecule has 0 saturated carbocycles. The van der Waals surface area contributed by atoms with Crippen LogP contribution in [0, 0.1) is 0 Å². The summed E-state index contributed by atoms with van der Waals surface area (Å²) in [5.41, 5.74) is 1.12. The van der Waals surface area contributed by atoms with E-state index in [1.54, 1.807) is 35.3 Å². The molecule has 0 fully saturated rings. The number of aryl methyl sites for hydroxylation is 1. The Hall–Kier alpha value is -2.83. The van der Waals surface area contributed by atoms with Crippen LogP contribution in [0.4, 0.5) is 0 Å². The SMILES string of the molecule is COC(=O)c1cc(CNC(=O)CCn2cccn2)ccc1OC. The molecule has 1 aromatic heterocycles. The van der Waals surface area contributed by atoms with Crippen molar-refractivity contribution in [1.82, 2.24) is 15.1 Å². The predicted molar refractivity (Wildman–Crippen MR) is 83.0 cm³/mol. The zero-order valence-electron chi connectivity index (χ0n) is 13.1. The third-order valence-electron chi connectivity index (χ3n) is 3.29. The molecule has 7 nitrogen and oxygen atoms in total. The molecule has 1 heterocycles. The van der Waals surface area contributed by atoms with Gasteiger partial charge in [0.15, 0.2) is 0 Å². The molecule has 0 aliphatic carbocycles. The normalized spacial score (nSPS) is 10.2. The summed E-state index contributed by atoms with van der Waals surface area (Å²) in [6, 6.07) is 6.93. The molecule has 0 saturated heterocycles. The fourth-order valence-corrected chi connectivity index (χ4v) is 2.07. The van der Waals surface area contributed by atoms with Crippen molar-refractivity contribution in [3.05, 3.63) is 47.8 Å². The van der Waals surface area contributed by atoms with Crippen molar-refractivity contribution in [1.29, 1.82) is 0 Å². The highest BCUT2D eigenvalue weighted by Crippen LogP contribution is 2.20. The lowest BCUT2D eigenvalue weighted by molar-refractivity contribution is -0.121. The maximum atomic E-state index is 11.8. The number of carbonyl (C=O) groups is 2. The number of amides is 1. The van der Waals surface area contributed by atoms with E-state index < -0.39 is 5.97 Å². The van der Waals surface area contributed by atoms with E-state index in [1.165, 1.54) is 14.2 Å². The molecular weight excluding hydrogens is 298 g/mol. The summed E-state index contributed by atoms with van der Waals surface area (Å²) in [6.07, 6.45) is 3.81. The number of methoxy groups -OCH3 is 2. The Kier molecular flexibility index (Phi) is 5.74. The first-order valence-electron chi connectivity index (χ1n) is 7.13. The third-order valence-corrected chi connectivity index (χ3v) is 3.29. The molecule has 1 amide bonds. The number of ether oxygens (including phenoxy) is 2. The molecule has 122 valence electrons. The Balaban J connectivity index is 1.92. The van der Waals surface area contributed by atoms with E-state index in [-0.39, 0.29) is 5.91 Å². The highest BCUT2D eigenvalue weighted by atomic mass is 16.5. The monoisotopic (exact) mass is 317 g/mol. The number of esters is 1. The van der Waals surface area contributed by atoms with Gasteiger partial charge >= 0.3 is 5.97 Å². The second-order valence-electron chi connectivity index (χ2n) is 4.82. The van der Waals surface area contributed by atoms with Crippen molar-refractivity contribution < 1.29 is 19.1 Å². The Morgan fingerprint density at radius 1 is 1.30 bits per heavy atom. The molecule has 2 rings (SSSR count). The average Bonchev–Trinajstić information content (AvgIpc) is 3.10. The van der Waals surface area contributed by atoms with Gasteiger partial charge in [-0.2, -0.15) is 5.10 Å². The predicted octanol–water partition coefficient (Wildman–Crippen LogP) is 1.38. The minimum absolute atomic E-state index is 0.0871. The van der Waals surface area contributed by atoms with Gasteiger partial charge in [0.1, 0.15) is 11.3 Å². The van der Waals surface area contributed by atoms with Crippen molar-refractivity contribution in [3.8, 4) is 5.75 Å². The summed E-state index contributed by atoms with van der Waals surface area (Å²) in [7, 11) is 2.80. The molecule has 23 heavy (non-hydrogen) atoms. The minimum Gasteiger partial charge on any atom is -0.496 e. The largest absolute Gasteiger partial charge is 0.496 e. The maximum absolute atomic E-state index is 11.8. The molecular formula is C16H19N3O4.